The zero-order chi connectivity index (χ0) is 23.4. The lowest BCUT2D eigenvalue weighted by Crippen LogP contribution is -2.24. The van der Waals surface area contributed by atoms with Gasteiger partial charge in [-0.2, -0.15) is 0 Å². The van der Waals surface area contributed by atoms with E-state index in [9.17, 15) is 18.0 Å². The first-order valence-corrected chi connectivity index (χ1v) is 11.6. The van der Waals surface area contributed by atoms with Crippen LogP contribution in [0.1, 0.15) is 31.2 Å². The van der Waals surface area contributed by atoms with E-state index in [1.807, 2.05) is 34.9 Å². The molecule has 1 amide bonds. The van der Waals surface area contributed by atoms with Gasteiger partial charge in [-0.05, 0) is 50.6 Å². The Morgan fingerprint density at radius 2 is 1.76 bits per heavy atom. The minimum absolute atomic E-state index is 0.410. The van der Waals surface area contributed by atoms with E-state index in [-0.39, 0.29) is 0 Å². The van der Waals surface area contributed by atoms with Gasteiger partial charge in [0, 0.05) is 0 Å². The smallest absolute Gasteiger partial charge is 0.237 e. The third-order valence-electron chi connectivity index (χ3n) is 5.49. The Balaban J connectivity index is 1.51. The summed E-state index contributed by atoms with van der Waals surface area (Å²) in [4.78, 5) is 15.0. The van der Waals surface area contributed by atoms with Crippen molar-refractivity contribution >= 4 is 23.4 Å². The summed E-state index contributed by atoms with van der Waals surface area (Å²) in [5, 5.41) is 10.9. The second-order valence-corrected chi connectivity index (χ2v) is 9.23. The van der Waals surface area contributed by atoms with Crippen molar-refractivity contribution in [2.45, 2.75) is 43.3 Å². The number of anilines is 1. The Bertz CT molecular complexity index is 1120. The number of amides is 1. The van der Waals surface area contributed by atoms with Gasteiger partial charge in [0.25, 0.3) is 0 Å². The molecule has 1 fully saturated rings. The Labute approximate surface area is 194 Å². The molecule has 6 nitrogen and oxygen atoms in total. The lowest BCUT2D eigenvalue weighted by Gasteiger charge is -2.17. The predicted molar refractivity (Wildman–Crippen MR) is 120 cm³/mol. The van der Waals surface area contributed by atoms with E-state index in [4.69, 9.17) is 0 Å². The number of thioether (sulfide) groups is 1. The molecule has 1 N–H and O–H groups in total. The summed E-state index contributed by atoms with van der Waals surface area (Å²) < 4.78 is 42.6. The van der Waals surface area contributed by atoms with Crippen LogP contribution in [0.15, 0.2) is 47.6 Å². The van der Waals surface area contributed by atoms with Gasteiger partial charge in [0.15, 0.2) is 22.6 Å². The van der Waals surface area contributed by atoms with Crippen molar-refractivity contribution < 1.29 is 18.0 Å². The van der Waals surface area contributed by atoms with E-state index in [0.717, 1.165) is 49.5 Å². The fourth-order valence-corrected chi connectivity index (χ4v) is 4.52. The predicted octanol–water partition coefficient (Wildman–Crippen LogP) is 4.46. The number of carbonyl (C=O) groups excluding carboxylic acids is 1. The highest BCUT2D eigenvalue weighted by Gasteiger charge is 2.24. The summed E-state index contributed by atoms with van der Waals surface area (Å²) in [5.74, 6) is -4.11. The maximum absolute atomic E-state index is 13.9. The average molecular weight is 476 g/mol. The molecule has 1 aromatic heterocycles. The van der Waals surface area contributed by atoms with Crippen LogP contribution in [0.2, 0.25) is 0 Å². The molecule has 0 saturated carbocycles. The van der Waals surface area contributed by atoms with E-state index >= 15 is 0 Å². The first-order chi connectivity index (χ1) is 15.9. The van der Waals surface area contributed by atoms with Crippen molar-refractivity contribution in [1.82, 2.24) is 19.7 Å². The Hall–Kier alpha value is -2.85. The van der Waals surface area contributed by atoms with Crippen molar-refractivity contribution in [3.63, 3.8) is 0 Å². The number of aromatic nitrogens is 3. The van der Waals surface area contributed by atoms with E-state index in [1.165, 1.54) is 11.8 Å². The summed E-state index contributed by atoms with van der Waals surface area (Å²) in [6.07, 6.45) is 2.32. The Morgan fingerprint density at radius 1 is 1.03 bits per heavy atom. The first kappa shape index (κ1) is 23.3. The molecule has 1 saturated heterocycles. The molecule has 1 aliphatic heterocycles. The quantitative estimate of drug-likeness (QED) is 0.385. The largest absolute Gasteiger partial charge is 0.323 e. The average Bonchev–Trinajstić information content (AvgIpc) is 3.46. The molecule has 2 aromatic carbocycles. The van der Waals surface area contributed by atoms with Gasteiger partial charge in [-0.25, -0.2) is 13.2 Å². The normalized spacial score (nSPS) is 15.0. The van der Waals surface area contributed by atoms with Crippen molar-refractivity contribution in [2.24, 2.45) is 0 Å². The molecule has 1 atom stereocenters. The topological polar surface area (TPSA) is 63.1 Å². The van der Waals surface area contributed by atoms with Crippen LogP contribution >= 0.6 is 11.8 Å². The van der Waals surface area contributed by atoms with Gasteiger partial charge in [-0.15, -0.1) is 10.2 Å². The molecule has 3 aromatic rings. The standard InChI is InChI=1S/C23H24F3N5OS/c1-15(22(32)27-18-10-9-17(24)20(25)21(18)26)33-23-29-28-19(14-30-11-5-6-12-30)31(23)13-16-7-3-2-4-8-16/h2-4,7-10,15H,5-6,11-14H2,1H3,(H,27,32)/t15-/m0/s1. The molecule has 0 unspecified atom stereocenters. The molecule has 33 heavy (non-hydrogen) atoms. The van der Waals surface area contributed by atoms with Gasteiger partial charge in [0.1, 0.15) is 5.82 Å². The summed E-state index contributed by atoms with van der Waals surface area (Å²) in [7, 11) is 0. The minimum atomic E-state index is -1.62. The molecule has 4 rings (SSSR count). The number of halogens is 3. The summed E-state index contributed by atoms with van der Waals surface area (Å²) >= 11 is 1.18. The first-order valence-electron chi connectivity index (χ1n) is 10.7. The number of likely N-dealkylation sites (tertiary alicyclic amines) is 1. The molecular weight excluding hydrogens is 451 g/mol. The Kier molecular flexibility index (Phi) is 7.34. The maximum Gasteiger partial charge on any atom is 0.237 e. The fourth-order valence-electron chi connectivity index (χ4n) is 3.66. The van der Waals surface area contributed by atoms with Gasteiger partial charge in [0.05, 0.1) is 24.0 Å². The third-order valence-corrected chi connectivity index (χ3v) is 6.57. The summed E-state index contributed by atoms with van der Waals surface area (Å²) in [6, 6.07) is 11.6. The van der Waals surface area contributed by atoms with Crippen LogP contribution in [-0.2, 0) is 17.9 Å². The van der Waals surface area contributed by atoms with E-state index in [2.05, 4.69) is 20.4 Å². The molecule has 0 spiro atoms. The molecule has 0 radical (unpaired) electrons. The Morgan fingerprint density at radius 3 is 2.48 bits per heavy atom. The highest BCUT2D eigenvalue weighted by Crippen LogP contribution is 2.26. The molecule has 10 heteroatoms. The van der Waals surface area contributed by atoms with E-state index in [0.29, 0.717) is 18.2 Å². The molecule has 0 bridgehead atoms. The van der Waals surface area contributed by atoms with Crippen LogP contribution in [-0.4, -0.2) is 43.9 Å². The van der Waals surface area contributed by atoms with Gasteiger partial charge in [-0.3, -0.25) is 9.69 Å². The van der Waals surface area contributed by atoms with Crippen molar-refractivity contribution in [3.05, 3.63) is 71.3 Å². The van der Waals surface area contributed by atoms with Crippen LogP contribution in [0.5, 0.6) is 0 Å². The number of rotatable bonds is 8. The van der Waals surface area contributed by atoms with Crippen LogP contribution < -0.4 is 5.32 Å². The fraction of sp³-hybridized carbons (Fsp3) is 0.348. The molecular formula is C23H24F3N5OS. The molecule has 2 heterocycles. The zero-order valence-electron chi connectivity index (χ0n) is 18.1. The number of nitrogens with zero attached hydrogens (tertiary/aromatic N) is 4. The summed E-state index contributed by atoms with van der Waals surface area (Å²) in [6.45, 7) is 4.88. The van der Waals surface area contributed by atoms with E-state index < -0.39 is 34.3 Å². The maximum atomic E-state index is 13.9. The number of carbonyl (C=O) groups is 1. The number of hydrogen-bond donors (Lipinski definition) is 1. The molecule has 174 valence electrons. The number of hydrogen-bond acceptors (Lipinski definition) is 5. The van der Waals surface area contributed by atoms with Crippen molar-refractivity contribution in [1.29, 1.82) is 0 Å². The number of nitrogens with one attached hydrogen (secondary N) is 1. The van der Waals surface area contributed by atoms with Gasteiger partial charge < -0.3 is 9.88 Å². The molecule has 1 aliphatic rings. The van der Waals surface area contributed by atoms with Crippen LogP contribution in [0.25, 0.3) is 0 Å². The second kappa shape index (κ2) is 10.4. The lowest BCUT2D eigenvalue weighted by molar-refractivity contribution is -0.115. The van der Waals surface area contributed by atoms with Gasteiger partial charge in [0.2, 0.25) is 5.91 Å². The molecule has 0 aliphatic carbocycles. The second-order valence-electron chi connectivity index (χ2n) is 7.93. The monoisotopic (exact) mass is 475 g/mol. The highest BCUT2D eigenvalue weighted by atomic mass is 32.2. The lowest BCUT2D eigenvalue weighted by atomic mass is 10.2. The zero-order valence-corrected chi connectivity index (χ0v) is 18.9. The third kappa shape index (κ3) is 5.56. The van der Waals surface area contributed by atoms with Crippen LogP contribution in [0, 0.1) is 17.5 Å². The van der Waals surface area contributed by atoms with Crippen molar-refractivity contribution in [2.75, 3.05) is 18.4 Å². The SMILES string of the molecule is C[C@H](Sc1nnc(CN2CCCC2)n1Cc1ccccc1)C(=O)Nc1ccc(F)c(F)c1F. The van der Waals surface area contributed by atoms with Gasteiger partial charge in [-0.1, -0.05) is 42.1 Å². The minimum Gasteiger partial charge on any atom is -0.323 e. The number of benzene rings is 2. The van der Waals surface area contributed by atoms with Crippen molar-refractivity contribution in [3.8, 4) is 0 Å². The van der Waals surface area contributed by atoms with Gasteiger partial charge >= 0.3 is 0 Å². The van der Waals surface area contributed by atoms with Crippen LogP contribution in [0.3, 0.4) is 0 Å². The highest BCUT2D eigenvalue weighted by molar-refractivity contribution is 8.00. The van der Waals surface area contributed by atoms with Crippen LogP contribution in [0.4, 0.5) is 18.9 Å². The summed E-state index contributed by atoms with van der Waals surface area (Å²) in [5.41, 5.74) is 0.662. The van der Waals surface area contributed by atoms with E-state index in [1.54, 1.807) is 6.92 Å².